The quantitative estimate of drug-likeness (QED) is 0.264. The van der Waals surface area contributed by atoms with E-state index in [1.807, 2.05) is 0 Å². The van der Waals surface area contributed by atoms with Gasteiger partial charge in [-0.1, -0.05) is 0 Å². The number of hydrogen-bond donors (Lipinski definition) is 4. The molecule has 0 radical (unpaired) electrons. The standard InChI is InChI=1S/C20H25F4N3O2.H3O4P/c1-20(2,24)19(29)26-9-11-3-4-27(17(11)10-26)18(28)7-13(25)5-12-6-15(22)16(23)8-14(12)21;1-5(2,3)4/h6,8,11,13,17H,3-5,7,9-10,25H2,1-2H3;(H3,1,2,3,4)/t11-,13?,17+;/m0./s1. The molecule has 0 spiro atoms. The molecule has 34 heavy (non-hydrogen) atoms. The molecule has 3 rings (SSSR count). The number of alkyl halides is 1. The number of benzene rings is 1. The van der Waals surface area contributed by atoms with E-state index in [1.54, 1.807) is 4.90 Å². The largest absolute Gasteiger partial charge is 0.466 e. The van der Waals surface area contributed by atoms with E-state index in [2.05, 4.69) is 0 Å². The van der Waals surface area contributed by atoms with Crippen molar-refractivity contribution in [3.8, 4) is 0 Å². The van der Waals surface area contributed by atoms with Gasteiger partial charge in [0.05, 0.1) is 6.04 Å². The van der Waals surface area contributed by atoms with Crippen LogP contribution in [0, 0.1) is 23.4 Å². The van der Waals surface area contributed by atoms with Crippen LogP contribution in [-0.4, -0.2) is 73.7 Å². The molecule has 192 valence electrons. The SMILES string of the molecule is CC(C)(F)C(=O)N1C[C@@H]2CCN(C(=O)CC(N)Cc3cc(F)c(F)cc3F)[C@@H]2C1.O=P(O)(O)O. The number of hydrogen-bond acceptors (Lipinski definition) is 4. The summed E-state index contributed by atoms with van der Waals surface area (Å²) < 4.78 is 63.0. The van der Waals surface area contributed by atoms with Gasteiger partial charge < -0.3 is 30.2 Å². The lowest BCUT2D eigenvalue weighted by molar-refractivity contribution is -0.142. The highest BCUT2D eigenvalue weighted by molar-refractivity contribution is 7.45. The molecule has 1 aromatic carbocycles. The Morgan fingerprint density at radius 2 is 1.71 bits per heavy atom. The minimum Gasteiger partial charge on any atom is -0.338 e. The molecule has 0 aliphatic carbocycles. The first-order valence-corrected chi connectivity index (χ1v) is 12.0. The van der Waals surface area contributed by atoms with E-state index in [9.17, 15) is 27.2 Å². The Morgan fingerprint density at radius 3 is 2.26 bits per heavy atom. The van der Waals surface area contributed by atoms with E-state index in [0.717, 1.165) is 6.07 Å². The third-order valence-electron chi connectivity index (χ3n) is 5.67. The van der Waals surface area contributed by atoms with Gasteiger partial charge in [-0.15, -0.1) is 0 Å². The molecule has 0 bridgehead atoms. The Bertz CT molecular complexity index is 962. The Labute approximate surface area is 193 Å². The van der Waals surface area contributed by atoms with Crippen LogP contribution in [0.3, 0.4) is 0 Å². The summed E-state index contributed by atoms with van der Waals surface area (Å²) in [5.74, 6) is -4.12. The smallest absolute Gasteiger partial charge is 0.338 e. The van der Waals surface area contributed by atoms with Crippen molar-refractivity contribution < 1.29 is 46.4 Å². The minimum atomic E-state index is -4.64. The molecule has 0 saturated carbocycles. The molecule has 2 fully saturated rings. The van der Waals surface area contributed by atoms with E-state index in [4.69, 9.17) is 25.0 Å². The molecule has 1 aromatic rings. The van der Waals surface area contributed by atoms with Crippen molar-refractivity contribution in [2.75, 3.05) is 19.6 Å². The highest BCUT2D eigenvalue weighted by Crippen LogP contribution is 2.33. The lowest BCUT2D eigenvalue weighted by Crippen LogP contribution is -2.45. The van der Waals surface area contributed by atoms with Crippen LogP contribution >= 0.6 is 7.82 Å². The Hall–Kier alpha value is -2.05. The van der Waals surface area contributed by atoms with Crippen molar-refractivity contribution in [2.24, 2.45) is 11.7 Å². The molecule has 2 heterocycles. The molecule has 9 nitrogen and oxygen atoms in total. The van der Waals surface area contributed by atoms with Gasteiger partial charge in [-0.2, -0.15) is 0 Å². The number of nitrogens with zero attached hydrogens (tertiary/aromatic N) is 2. The van der Waals surface area contributed by atoms with Gasteiger partial charge in [0, 0.05) is 44.1 Å². The maximum Gasteiger partial charge on any atom is 0.466 e. The molecule has 0 aromatic heterocycles. The first kappa shape index (κ1) is 28.2. The third kappa shape index (κ3) is 7.74. The topological polar surface area (TPSA) is 144 Å². The molecule has 14 heteroatoms. The summed E-state index contributed by atoms with van der Waals surface area (Å²) in [4.78, 5) is 49.5. The average Bonchev–Trinajstić information content (AvgIpc) is 3.23. The summed E-state index contributed by atoms with van der Waals surface area (Å²) in [6, 6.07) is 0.242. The second-order valence-electron chi connectivity index (χ2n) is 8.93. The van der Waals surface area contributed by atoms with E-state index in [1.165, 1.54) is 18.7 Å². The van der Waals surface area contributed by atoms with Crippen LogP contribution in [0.1, 0.15) is 32.3 Å². The molecule has 5 N–H and O–H groups in total. The Kier molecular flexibility index (Phi) is 8.87. The zero-order chi connectivity index (χ0) is 26.0. The fourth-order valence-electron chi connectivity index (χ4n) is 4.23. The van der Waals surface area contributed by atoms with Crippen molar-refractivity contribution in [3.63, 3.8) is 0 Å². The van der Waals surface area contributed by atoms with Crippen LogP contribution in [0.15, 0.2) is 12.1 Å². The number of fused-ring (bicyclic) bond motifs is 1. The van der Waals surface area contributed by atoms with Gasteiger partial charge in [0.1, 0.15) is 5.82 Å². The fraction of sp³-hybridized carbons (Fsp3) is 0.600. The second-order valence-corrected chi connectivity index (χ2v) is 9.95. The number of likely N-dealkylation sites (tertiary alicyclic amines) is 2. The van der Waals surface area contributed by atoms with Crippen LogP contribution in [0.4, 0.5) is 17.6 Å². The van der Waals surface area contributed by atoms with Gasteiger partial charge >= 0.3 is 7.82 Å². The van der Waals surface area contributed by atoms with Crippen molar-refractivity contribution in [3.05, 3.63) is 35.1 Å². The summed E-state index contributed by atoms with van der Waals surface area (Å²) >= 11 is 0. The lowest BCUT2D eigenvalue weighted by atomic mass is 10.0. The van der Waals surface area contributed by atoms with Gasteiger partial charge in [-0.05, 0) is 38.3 Å². The van der Waals surface area contributed by atoms with Gasteiger partial charge in [0.25, 0.3) is 5.91 Å². The van der Waals surface area contributed by atoms with E-state index < -0.39 is 42.9 Å². The normalized spacial score (nSPS) is 21.1. The summed E-state index contributed by atoms with van der Waals surface area (Å²) in [6.45, 7) is 3.62. The first-order valence-electron chi connectivity index (χ1n) is 10.4. The highest BCUT2D eigenvalue weighted by atomic mass is 31.2. The van der Waals surface area contributed by atoms with Crippen LogP contribution in [0.25, 0.3) is 0 Å². The zero-order valence-electron chi connectivity index (χ0n) is 18.6. The minimum absolute atomic E-state index is 0.0881. The molecular weight excluding hydrogens is 485 g/mol. The van der Waals surface area contributed by atoms with Gasteiger partial charge in [-0.3, -0.25) is 9.59 Å². The predicted octanol–water partition coefficient (Wildman–Crippen LogP) is 1.24. The molecule has 2 aliphatic heterocycles. The van der Waals surface area contributed by atoms with Crippen molar-refractivity contribution in [1.29, 1.82) is 0 Å². The maximum atomic E-state index is 14.0. The number of amides is 2. The number of carbonyl (C=O) groups excluding carboxylic acids is 2. The van der Waals surface area contributed by atoms with Crippen LogP contribution in [-0.2, 0) is 20.6 Å². The van der Waals surface area contributed by atoms with E-state index in [-0.39, 0.29) is 42.8 Å². The average molecular weight is 513 g/mol. The number of halogens is 4. The molecule has 3 atom stereocenters. The van der Waals surface area contributed by atoms with Crippen LogP contribution in [0.2, 0.25) is 0 Å². The summed E-state index contributed by atoms with van der Waals surface area (Å²) in [5.41, 5.74) is 3.90. The predicted molar refractivity (Wildman–Crippen MR) is 112 cm³/mol. The van der Waals surface area contributed by atoms with Crippen LogP contribution < -0.4 is 5.73 Å². The maximum absolute atomic E-state index is 14.0. The Morgan fingerprint density at radius 1 is 1.15 bits per heavy atom. The summed E-state index contributed by atoms with van der Waals surface area (Å²) in [5, 5.41) is 0. The molecule has 2 amide bonds. The molecule has 1 unspecified atom stereocenters. The summed E-state index contributed by atoms with van der Waals surface area (Å²) in [7, 11) is -4.64. The van der Waals surface area contributed by atoms with E-state index >= 15 is 0 Å². The monoisotopic (exact) mass is 513 g/mol. The van der Waals surface area contributed by atoms with Crippen molar-refractivity contribution in [2.45, 2.75) is 50.9 Å². The fourth-order valence-corrected chi connectivity index (χ4v) is 4.23. The third-order valence-corrected chi connectivity index (χ3v) is 5.67. The lowest BCUT2D eigenvalue weighted by Gasteiger charge is -2.27. The molecule has 2 saturated heterocycles. The van der Waals surface area contributed by atoms with Crippen LogP contribution in [0.5, 0.6) is 0 Å². The van der Waals surface area contributed by atoms with Gasteiger partial charge in [-0.25, -0.2) is 22.1 Å². The van der Waals surface area contributed by atoms with Gasteiger partial charge in [0.2, 0.25) is 5.91 Å². The number of carbonyl (C=O) groups is 2. The zero-order valence-corrected chi connectivity index (χ0v) is 19.5. The molecular formula is C20H28F4N3O6P. The number of phosphoric acid groups is 1. The second kappa shape index (κ2) is 10.7. The van der Waals surface area contributed by atoms with Crippen molar-refractivity contribution >= 4 is 19.6 Å². The summed E-state index contributed by atoms with van der Waals surface area (Å²) in [6.07, 6.45) is 0.501. The highest BCUT2D eigenvalue weighted by Gasteiger charge is 2.47. The molecule has 2 aliphatic rings. The number of nitrogens with two attached hydrogens (primary N) is 1. The van der Waals surface area contributed by atoms with Crippen molar-refractivity contribution in [1.82, 2.24) is 9.80 Å². The number of rotatable bonds is 5. The Balaban J connectivity index is 0.000000739. The van der Waals surface area contributed by atoms with E-state index in [0.29, 0.717) is 25.6 Å². The van der Waals surface area contributed by atoms with Gasteiger partial charge in [0.15, 0.2) is 17.3 Å². The first-order chi connectivity index (χ1) is 15.5.